The zero-order valence-corrected chi connectivity index (χ0v) is 9.11. The highest BCUT2D eigenvalue weighted by Gasteiger charge is 2.53. The summed E-state index contributed by atoms with van der Waals surface area (Å²) in [5, 5.41) is 0. The predicted octanol–water partition coefficient (Wildman–Crippen LogP) is 1.98. The van der Waals surface area contributed by atoms with Crippen molar-refractivity contribution in [3.05, 3.63) is 35.4 Å². The highest BCUT2D eigenvalue weighted by Crippen LogP contribution is 2.33. The fourth-order valence-corrected chi connectivity index (χ4v) is 2.87. The Balaban J connectivity index is 2.13. The molecule has 1 spiro atoms. The molecule has 0 unspecified atom stereocenters. The monoisotopic (exact) mass is 216 g/mol. The van der Waals surface area contributed by atoms with Crippen LogP contribution in [0.25, 0.3) is 0 Å². The van der Waals surface area contributed by atoms with Gasteiger partial charge in [-0.15, -0.1) is 0 Å². The van der Waals surface area contributed by atoms with Crippen LogP contribution in [-0.2, 0) is 0 Å². The van der Waals surface area contributed by atoms with Gasteiger partial charge in [0.1, 0.15) is 0 Å². The van der Waals surface area contributed by atoms with Crippen LogP contribution in [0, 0.1) is 0 Å². The Bertz CT molecular complexity index is 436. The molecule has 2 heterocycles. The number of carbonyl (C=O) groups is 2. The molecule has 0 bridgehead atoms. The third-order valence-electron chi connectivity index (χ3n) is 3.75. The maximum atomic E-state index is 12.3. The molecular formula is C13H14NO2+. The maximum Gasteiger partial charge on any atom is 0.354 e. The highest BCUT2D eigenvalue weighted by molar-refractivity contribution is 6.13. The zero-order valence-electron chi connectivity index (χ0n) is 9.11. The van der Waals surface area contributed by atoms with Crippen molar-refractivity contribution in [1.29, 1.82) is 0 Å². The average Bonchev–Trinajstić information content (AvgIpc) is 2.55. The van der Waals surface area contributed by atoms with E-state index in [-0.39, 0.29) is 16.3 Å². The van der Waals surface area contributed by atoms with Gasteiger partial charge in [-0.3, -0.25) is 0 Å². The van der Waals surface area contributed by atoms with Crippen molar-refractivity contribution in [2.45, 2.75) is 19.3 Å². The Morgan fingerprint density at radius 1 is 0.812 bits per heavy atom. The molecule has 3 rings (SSSR count). The number of hydrogen-bond donors (Lipinski definition) is 0. The van der Waals surface area contributed by atoms with E-state index >= 15 is 0 Å². The number of benzene rings is 1. The van der Waals surface area contributed by atoms with Crippen LogP contribution >= 0.6 is 0 Å². The molecule has 1 fully saturated rings. The van der Waals surface area contributed by atoms with Crippen LogP contribution in [0.3, 0.4) is 0 Å². The minimum absolute atomic E-state index is 0.0142. The van der Waals surface area contributed by atoms with Crippen LogP contribution in [0.2, 0.25) is 0 Å². The van der Waals surface area contributed by atoms with Crippen molar-refractivity contribution in [2.75, 3.05) is 13.1 Å². The smallest absolute Gasteiger partial charge is 0.225 e. The number of imide groups is 1. The average molecular weight is 216 g/mol. The van der Waals surface area contributed by atoms with Crippen LogP contribution in [0.5, 0.6) is 0 Å². The minimum Gasteiger partial charge on any atom is -0.225 e. The number of amides is 2. The van der Waals surface area contributed by atoms with E-state index in [1.165, 1.54) is 0 Å². The van der Waals surface area contributed by atoms with Crippen molar-refractivity contribution in [1.82, 2.24) is 0 Å². The summed E-state index contributed by atoms with van der Waals surface area (Å²) in [5.41, 5.74) is 1.24. The Morgan fingerprint density at radius 3 is 1.81 bits per heavy atom. The molecule has 1 aromatic carbocycles. The summed E-state index contributed by atoms with van der Waals surface area (Å²) in [6.07, 6.45) is 3.09. The number of hydrogen-bond acceptors (Lipinski definition) is 2. The van der Waals surface area contributed by atoms with Gasteiger partial charge >= 0.3 is 11.8 Å². The topological polar surface area (TPSA) is 34.1 Å². The van der Waals surface area contributed by atoms with Crippen molar-refractivity contribution in [2.24, 2.45) is 0 Å². The van der Waals surface area contributed by atoms with Crippen LogP contribution in [-0.4, -0.2) is 29.4 Å². The molecule has 0 aliphatic carbocycles. The number of nitrogens with zero attached hydrogens (tertiary/aromatic N) is 1. The normalized spacial score (nSPS) is 22.5. The molecule has 3 nitrogen and oxygen atoms in total. The van der Waals surface area contributed by atoms with Crippen LogP contribution in [0.1, 0.15) is 40.0 Å². The fourth-order valence-electron chi connectivity index (χ4n) is 2.87. The second-order valence-electron chi connectivity index (χ2n) is 4.63. The lowest BCUT2D eigenvalue weighted by atomic mass is 10.1. The number of piperidine rings is 1. The van der Waals surface area contributed by atoms with E-state index in [9.17, 15) is 9.59 Å². The van der Waals surface area contributed by atoms with Crippen molar-refractivity contribution in [3.63, 3.8) is 0 Å². The summed E-state index contributed by atoms with van der Waals surface area (Å²) >= 11 is 0. The van der Waals surface area contributed by atoms with Gasteiger partial charge in [0, 0.05) is 0 Å². The molecule has 2 amide bonds. The van der Waals surface area contributed by atoms with E-state index in [4.69, 9.17) is 0 Å². The second-order valence-corrected chi connectivity index (χ2v) is 4.63. The first kappa shape index (κ1) is 9.73. The minimum atomic E-state index is 0.0142. The van der Waals surface area contributed by atoms with Crippen molar-refractivity contribution in [3.8, 4) is 0 Å². The van der Waals surface area contributed by atoms with Crippen LogP contribution in [0.4, 0.5) is 0 Å². The van der Waals surface area contributed by atoms with Gasteiger partial charge in [0.25, 0.3) is 0 Å². The molecule has 2 aliphatic rings. The Kier molecular flexibility index (Phi) is 1.98. The summed E-state index contributed by atoms with van der Waals surface area (Å²) in [6, 6.07) is 7.21. The van der Waals surface area contributed by atoms with Crippen molar-refractivity contribution >= 4 is 11.8 Å². The zero-order chi connectivity index (χ0) is 11.2. The Hall–Kier alpha value is -1.48. The van der Waals surface area contributed by atoms with Gasteiger partial charge in [-0.2, -0.15) is 4.48 Å². The largest absolute Gasteiger partial charge is 0.354 e. The second kappa shape index (κ2) is 3.25. The van der Waals surface area contributed by atoms with Crippen LogP contribution < -0.4 is 0 Å². The van der Waals surface area contributed by atoms with E-state index in [2.05, 4.69) is 0 Å². The fraction of sp³-hybridized carbons (Fsp3) is 0.385. The number of rotatable bonds is 0. The summed E-state index contributed by atoms with van der Waals surface area (Å²) in [4.78, 5) is 24.7. The predicted molar refractivity (Wildman–Crippen MR) is 58.9 cm³/mol. The van der Waals surface area contributed by atoms with Crippen molar-refractivity contribution < 1.29 is 14.1 Å². The van der Waals surface area contributed by atoms with Crippen LogP contribution in [0.15, 0.2) is 24.3 Å². The molecule has 0 aromatic heterocycles. The maximum absolute atomic E-state index is 12.3. The molecule has 0 atom stereocenters. The molecule has 0 radical (unpaired) electrons. The first-order valence-electron chi connectivity index (χ1n) is 5.82. The third kappa shape index (κ3) is 1.06. The summed E-state index contributed by atoms with van der Waals surface area (Å²) in [7, 11) is 0. The Morgan fingerprint density at radius 2 is 1.31 bits per heavy atom. The summed E-state index contributed by atoms with van der Waals surface area (Å²) in [6.45, 7) is 1.37. The molecule has 16 heavy (non-hydrogen) atoms. The molecule has 0 saturated carbocycles. The van der Waals surface area contributed by atoms with E-state index in [1.54, 1.807) is 12.1 Å². The molecule has 82 valence electrons. The first-order chi connectivity index (χ1) is 7.76. The number of quaternary nitrogens is 1. The quantitative estimate of drug-likeness (QED) is 0.491. The lowest BCUT2D eigenvalue weighted by molar-refractivity contribution is -0.769. The van der Waals surface area contributed by atoms with Gasteiger partial charge in [-0.05, 0) is 31.4 Å². The van der Waals surface area contributed by atoms with E-state index < -0.39 is 0 Å². The summed E-state index contributed by atoms with van der Waals surface area (Å²) in [5.74, 6) is 0.0283. The third-order valence-corrected chi connectivity index (χ3v) is 3.75. The number of fused-ring (bicyclic) bond motifs is 1. The van der Waals surface area contributed by atoms with E-state index in [0.29, 0.717) is 24.2 Å². The lowest BCUT2D eigenvalue weighted by Gasteiger charge is -2.31. The van der Waals surface area contributed by atoms with Gasteiger partial charge < -0.3 is 0 Å². The summed E-state index contributed by atoms with van der Waals surface area (Å²) < 4.78 is 0.0549. The van der Waals surface area contributed by atoms with Gasteiger partial charge in [0.05, 0.1) is 24.2 Å². The molecule has 1 aromatic rings. The highest BCUT2D eigenvalue weighted by atomic mass is 16.2. The van der Waals surface area contributed by atoms with E-state index in [1.807, 2.05) is 12.1 Å². The molecule has 3 heteroatoms. The van der Waals surface area contributed by atoms with Gasteiger partial charge in [0.2, 0.25) is 0 Å². The molecule has 2 aliphatic heterocycles. The SMILES string of the molecule is O=C1c2ccccc2C(=O)[N+]12CCCCC2. The standard InChI is InChI=1S/C13H14NO2/c15-12-10-6-2-3-7-11(10)13(16)14(12)8-4-1-5-9-14/h2-3,6-7H,1,4-5,8-9H2/q+1. The van der Waals surface area contributed by atoms with Gasteiger partial charge in [-0.25, -0.2) is 9.59 Å². The molecule has 0 N–H and O–H groups in total. The van der Waals surface area contributed by atoms with Gasteiger partial charge in [-0.1, -0.05) is 12.1 Å². The molecule has 1 saturated heterocycles. The first-order valence-corrected chi connectivity index (χ1v) is 5.82. The van der Waals surface area contributed by atoms with Gasteiger partial charge in [0.15, 0.2) is 0 Å². The van der Waals surface area contributed by atoms with E-state index in [0.717, 1.165) is 19.3 Å². The molecular weight excluding hydrogens is 202 g/mol. The lowest BCUT2D eigenvalue weighted by Crippen LogP contribution is -2.55. The Labute approximate surface area is 94.3 Å². The number of carbonyl (C=O) groups excluding carboxylic acids is 2.